The molecular formula is C9H12FNO. The normalized spacial score (nSPS) is 13.0. The van der Waals surface area contributed by atoms with Gasteiger partial charge in [0.1, 0.15) is 5.82 Å². The smallest absolute Gasteiger partial charge is 0.128 e. The summed E-state index contributed by atoms with van der Waals surface area (Å²) in [6.07, 6.45) is 0. The van der Waals surface area contributed by atoms with Gasteiger partial charge in [-0.1, -0.05) is 6.07 Å². The number of nitrogens with two attached hydrogens (primary N) is 1. The average molecular weight is 169 g/mol. The van der Waals surface area contributed by atoms with Crippen molar-refractivity contribution in [2.24, 2.45) is 5.73 Å². The molecule has 0 fully saturated rings. The second-order valence-corrected chi connectivity index (χ2v) is 2.80. The lowest BCUT2D eigenvalue weighted by Gasteiger charge is -2.07. The van der Waals surface area contributed by atoms with E-state index in [0.717, 1.165) is 5.56 Å². The van der Waals surface area contributed by atoms with Gasteiger partial charge in [-0.2, -0.15) is 0 Å². The molecule has 1 rings (SSSR count). The number of hydrogen-bond donors (Lipinski definition) is 2. The van der Waals surface area contributed by atoms with Gasteiger partial charge in [0.15, 0.2) is 0 Å². The molecule has 0 saturated heterocycles. The summed E-state index contributed by atoms with van der Waals surface area (Å²) in [5.41, 5.74) is 6.71. The third kappa shape index (κ3) is 1.81. The van der Waals surface area contributed by atoms with Crippen LogP contribution in [0.15, 0.2) is 18.2 Å². The van der Waals surface area contributed by atoms with E-state index in [9.17, 15) is 4.39 Å². The monoisotopic (exact) mass is 169 g/mol. The molecule has 1 aromatic rings. The lowest BCUT2D eigenvalue weighted by atomic mass is 10.1. The Balaban J connectivity index is 3.05. The molecule has 3 heteroatoms. The van der Waals surface area contributed by atoms with E-state index >= 15 is 0 Å². The highest BCUT2D eigenvalue weighted by Crippen LogP contribution is 2.14. The summed E-state index contributed by atoms with van der Waals surface area (Å²) < 4.78 is 12.8. The minimum Gasteiger partial charge on any atom is -0.392 e. The zero-order valence-corrected chi connectivity index (χ0v) is 6.92. The first-order valence-electron chi connectivity index (χ1n) is 3.80. The van der Waals surface area contributed by atoms with Crippen molar-refractivity contribution in [3.8, 4) is 0 Å². The van der Waals surface area contributed by atoms with Gasteiger partial charge in [-0.25, -0.2) is 4.39 Å². The van der Waals surface area contributed by atoms with Gasteiger partial charge in [0.2, 0.25) is 0 Å². The third-order valence-corrected chi connectivity index (χ3v) is 1.77. The molecule has 12 heavy (non-hydrogen) atoms. The standard InChI is InChI=1S/C9H12FNO/c1-6(11)7-2-3-9(10)8(4-7)5-12/h2-4,6,12H,5,11H2,1H3/t6-/m1/s1. The van der Waals surface area contributed by atoms with Crippen LogP contribution in [0.25, 0.3) is 0 Å². The van der Waals surface area contributed by atoms with E-state index in [1.54, 1.807) is 12.1 Å². The Hall–Kier alpha value is -0.930. The van der Waals surface area contributed by atoms with Crippen molar-refractivity contribution in [2.45, 2.75) is 19.6 Å². The number of halogens is 1. The van der Waals surface area contributed by atoms with Crippen molar-refractivity contribution < 1.29 is 9.50 Å². The van der Waals surface area contributed by atoms with Gasteiger partial charge in [-0.3, -0.25) is 0 Å². The van der Waals surface area contributed by atoms with Crippen LogP contribution in [0.3, 0.4) is 0 Å². The zero-order chi connectivity index (χ0) is 9.14. The Morgan fingerprint density at radius 1 is 1.58 bits per heavy atom. The summed E-state index contributed by atoms with van der Waals surface area (Å²) in [6, 6.07) is 4.40. The van der Waals surface area contributed by atoms with Gasteiger partial charge < -0.3 is 10.8 Å². The Bertz CT molecular complexity index is 273. The van der Waals surface area contributed by atoms with E-state index in [2.05, 4.69) is 0 Å². The maximum absolute atomic E-state index is 12.8. The maximum atomic E-state index is 12.8. The molecule has 0 aliphatic carbocycles. The summed E-state index contributed by atoms with van der Waals surface area (Å²) in [5, 5.41) is 8.74. The van der Waals surface area contributed by atoms with Gasteiger partial charge >= 0.3 is 0 Å². The summed E-state index contributed by atoms with van der Waals surface area (Å²) in [7, 11) is 0. The summed E-state index contributed by atoms with van der Waals surface area (Å²) in [6.45, 7) is 1.53. The second kappa shape index (κ2) is 3.65. The van der Waals surface area contributed by atoms with Gasteiger partial charge in [-0.05, 0) is 24.6 Å². The molecule has 0 radical (unpaired) electrons. The first-order valence-corrected chi connectivity index (χ1v) is 3.80. The van der Waals surface area contributed by atoms with Gasteiger partial charge in [0.05, 0.1) is 6.61 Å². The van der Waals surface area contributed by atoms with Gasteiger partial charge in [-0.15, -0.1) is 0 Å². The molecule has 0 heterocycles. The minimum absolute atomic E-state index is 0.129. The quantitative estimate of drug-likeness (QED) is 0.701. The topological polar surface area (TPSA) is 46.2 Å². The van der Waals surface area contributed by atoms with Crippen molar-refractivity contribution in [2.75, 3.05) is 0 Å². The highest BCUT2D eigenvalue weighted by molar-refractivity contribution is 5.26. The van der Waals surface area contributed by atoms with E-state index in [1.165, 1.54) is 6.07 Å². The maximum Gasteiger partial charge on any atom is 0.128 e. The predicted octanol–water partition coefficient (Wildman–Crippen LogP) is 1.34. The molecule has 2 nitrogen and oxygen atoms in total. The third-order valence-electron chi connectivity index (χ3n) is 1.77. The molecule has 0 bridgehead atoms. The Labute approximate surface area is 70.8 Å². The molecule has 3 N–H and O–H groups in total. The van der Waals surface area contributed by atoms with E-state index in [1.807, 2.05) is 6.92 Å². The molecule has 0 amide bonds. The van der Waals surface area contributed by atoms with E-state index < -0.39 is 0 Å². The van der Waals surface area contributed by atoms with Crippen LogP contribution in [0.2, 0.25) is 0 Å². The second-order valence-electron chi connectivity index (χ2n) is 2.80. The van der Waals surface area contributed by atoms with Crippen LogP contribution in [0, 0.1) is 5.82 Å². The molecule has 0 spiro atoms. The Kier molecular flexibility index (Phi) is 2.78. The molecule has 0 unspecified atom stereocenters. The fraction of sp³-hybridized carbons (Fsp3) is 0.333. The molecule has 1 aromatic carbocycles. The largest absolute Gasteiger partial charge is 0.392 e. The highest BCUT2D eigenvalue weighted by atomic mass is 19.1. The number of benzene rings is 1. The number of hydrogen-bond acceptors (Lipinski definition) is 2. The fourth-order valence-electron chi connectivity index (χ4n) is 0.999. The number of aliphatic hydroxyl groups is 1. The fourth-order valence-corrected chi connectivity index (χ4v) is 0.999. The van der Waals surface area contributed by atoms with Crippen molar-refractivity contribution in [3.63, 3.8) is 0 Å². The van der Waals surface area contributed by atoms with Crippen LogP contribution < -0.4 is 5.73 Å². The van der Waals surface area contributed by atoms with Crippen LogP contribution in [0.5, 0.6) is 0 Å². The van der Waals surface area contributed by atoms with Crippen molar-refractivity contribution >= 4 is 0 Å². The molecule has 0 aromatic heterocycles. The van der Waals surface area contributed by atoms with Gasteiger partial charge in [0, 0.05) is 11.6 Å². The first kappa shape index (κ1) is 9.16. The minimum atomic E-state index is -0.387. The molecule has 0 aliphatic heterocycles. The van der Waals surface area contributed by atoms with E-state index in [-0.39, 0.29) is 18.5 Å². The number of aliphatic hydroxyl groups excluding tert-OH is 1. The van der Waals surface area contributed by atoms with Crippen molar-refractivity contribution in [3.05, 3.63) is 35.1 Å². The van der Waals surface area contributed by atoms with E-state index in [0.29, 0.717) is 5.56 Å². The summed E-state index contributed by atoms with van der Waals surface area (Å²) in [5.74, 6) is -0.387. The van der Waals surface area contributed by atoms with Crippen LogP contribution >= 0.6 is 0 Å². The molecule has 0 aliphatic rings. The lowest BCUT2D eigenvalue weighted by Crippen LogP contribution is -2.06. The first-order chi connectivity index (χ1) is 5.65. The summed E-state index contributed by atoms with van der Waals surface area (Å²) >= 11 is 0. The lowest BCUT2D eigenvalue weighted by molar-refractivity contribution is 0.275. The van der Waals surface area contributed by atoms with Gasteiger partial charge in [0.25, 0.3) is 0 Å². The molecular weight excluding hydrogens is 157 g/mol. The molecule has 66 valence electrons. The van der Waals surface area contributed by atoms with Crippen molar-refractivity contribution in [1.82, 2.24) is 0 Å². The van der Waals surface area contributed by atoms with Crippen LogP contribution in [-0.4, -0.2) is 5.11 Å². The Morgan fingerprint density at radius 2 is 2.25 bits per heavy atom. The van der Waals surface area contributed by atoms with Crippen LogP contribution in [-0.2, 0) is 6.61 Å². The molecule has 0 saturated carbocycles. The van der Waals surface area contributed by atoms with Crippen LogP contribution in [0.4, 0.5) is 4.39 Å². The zero-order valence-electron chi connectivity index (χ0n) is 6.92. The summed E-state index contributed by atoms with van der Waals surface area (Å²) in [4.78, 5) is 0. The van der Waals surface area contributed by atoms with E-state index in [4.69, 9.17) is 10.8 Å². The Morgan fingerprint density at radius 3 is 2.75 bits per heavy atom. The SMILES string of the molecule is C[C@@H](N)c1ccc(F)c(CO)c1. The predicted molar refractivity (Wildman–Crippen MR) is 44.9 cm³/mol. The highest BCUT2D eigenvalue weighted by Gasteiger charge is 2.04. The molecule has 1 atom stereocenters. The average Bonchev–Trinajstić information content (AvgIpc) is 2.05. The van der Waals surface area contributed by atoms with Crippen molar-refractivity contribution in [1.29, 1.82) is 0 Å². The van der Waals surface area contributed by atoms with Crippen LogP contribution in [0.1, 0.15) is 24.1 Å². The number of rotatable bonds is 2.